The van der Waals surface area contributed by atoms with Gasteiger partial charge in [-0.25, -0.2) is 0 Å². The molecule has 0 aliphatic rings. The van der Waals surface area contributed by atoms with Crippen LogP contribution in [-0.2, 0) is 0 Å². The van der Waals surface area contributed by atoms with E-state index < -0.39 is 6.10 Å². The minimum absolute atomic E-state index is 0.0586. The van der Waals surface area contributed by atoms with E-state index in [1.54, 1.807) is 36.4 Å². The summed E-state index contributed by atoms with van der Waals surface area (Å²) in [4.78, 5) is 25.4. The van der Waals surface area contributed by atoms with E-state index in [2.05, 4.69) is 5.32 Å². The van der Waals surface area contributed by atoms with Crippen LogP contribution in [0.1, 0.15) is 39.4 Å². The molecule has 0 aliphatic heterocycles. The maximum atomic E-state index is 12.5. The van der Waals surface area contributed by atoms with Crippen molar-refractivity contribution in [3.05, 3.63) is 57.8 Å². The molecule has 1 atom stereocenters. The van der Waals surface area contributed by atoms with Gasteiger partial charge < -0.3 is 10.4 Å². The summed E-state index contributed by atoms with van der Waals surface area (Å²) in [6.45, 7) is 3.92. The molecule has 0 saturated carbocycles. The molecular formula is C17H19NO3S. The van der Waals surface area contributed by atoms with Gasteiger partial charge in [0.25, 0.3) is 5.91 Å². The number of hydrogen-bond acceptors (Lipinski definition) is 4. The van der Waals surface area contributed by atoms with Gasteiger partial charge in [-0.2, -0.15) is 0 Å². The van der Waals surface area contributed by atoms with Crippen LogP contribution in [-0.4, -0.2) is 29.4 Å². The molecule has 1 aromatic carbocycles. The molecule has 1 amide bonds. The highest BCUT2D eigenvalue weighted by Gasteiger charge is 2.19. The lowest BCUT2D eigenvalue weighted by atomic mass is 10.0. The van der Waals surface area contributed by atoms with Crippen molar-refractivity contribution in [1.29, 1.82) is 0 Å². The number of nitrogens with one attached hydrogen (secondary N) is 1. The normalized spacial score (nSPS) is 12.2. The van der Waals surface area contributed by atoms with Gasteiger partial charge in [0, 0.05) is 12.1 Å². The Morgan fingerprint density at radius 2 is 1.82 bits per heavy atom. The summed E-state index contributed by atoms with van der Waals surface area (Å²) in [7, 11) is 0. The third-order valence-electron chi connectivity index (χ3n) is 3.40. The van der Waals surface area contributed by atoms with Gasteiger partial charge in [-0.15, -0.1) is 11.3 Å². The lowest BCUT2D eigenvalue weighted by Gasteiger charge is -2.15. The van der Waals surface area contributed by atoms with Crippen molar-refractivity contribution in [1.82, 2.24) is 5.32 Å². The van der Waals surface area contributed by atoms with Crippen molar-refractivity contribution in [3.8, 4) is 0 Å². The highest BCUT2D eigenvalue weighted by molar-refractivity contribution is 7.12. The van der Waals surface area contributed by atoms with Crippen LogP contribution >= 0.6 is 11.3 Å². The lowest BCUT2D eigenvalue weighted by Crippen LogP contribution is -2.35. The molecule has 22 heavy (non-hydrogen) atoms. The number of aliphatic hydroxyl groups excluding tert-OH is 1. The van der Waals surface area contributed by atoms with E-state index in [9.17, 15) is 14.7 Å². The molecule has 2 rings (SSSR count). The van der Waals surface area contributed by atoms with E-state index in [0.29, 0.717) is 16.0 Å². The zero-order valence-electron chi connectivity index (χ0n) is 12.6. The zero-order valence-corrected chi connectivity index (χ0v) is 13.4. The predicted octanol–water partition coefficient (Wildman–Crippen LogP) is 2.73. The maximum absolute atomic E-state index is 12.5. The standard InChI is InChI=1S/C17H19NO3S/c1-11(2)14(19)10-18-17(21)13-7-4-3-6-12(13)16(20)15-8-5-9-22-15/h3-9,11,14,19H,10H2,1-2H3,(H,18,21). The zero-order chi connectivity index (χ0) is 16.1. The molecular weight excluding hydrogens is 298 g/mol. The average Bonchev–Trinajstić information content (AvgIpc) is 3.05. The molecule has 0 saturated heterocycles. The van der Waals surface area contributed by atoms with Crippen LogP contribution < -0.4 is 5.32 Å². The smallest absolute Gasteiger partial charge is 0.252 e. The number of carbonyl (C=O) groups excluding carboxylic acids is 2. The molecule has 116 valence electrons. The molecule has 0 aliphatic carbocycles. The molecule has 4 nitrogen and oxygen atoms in total. The first-order valence-electron chi connectivity index (χ1n) is 7.14. The van der Waals surface area contributed by atoms with Crippen LogP contribution in [0.3, 0.4) is 0 Å². The maximum Gasteiger partial charge on any atom is 0.252 e. The summed E-state index contributed by atoms with van der Waals surface area (Å²) in [5.74, 6) is -0.450. The number of carbonyl (C=O) groups is 2. The van der Waals surface area contributed by atoms with Crippen LogP contribution in [0.4, 0.5) is 0 Å². The number of hydrogen-bond donors (Lipinski definition) is 2. The summed E-state index contributed by atoms with van der Waals surface area (Å²) < 4.78 is 0. The van der Waals surface area contributed by atoms with Gasteiger partial charge in [0.15, 0.2) is 0 Å². The molecule has 1 heterocycles. The van der Waals surface area contributed by atoms with Gasteiger partial charge >= 0.3 is 0 Å². The number of benzene rings is 1. The monoisotopic (exact) mass is 317 g/mol. The Balaban J connectivity index is 2.18. The number of amides is 1. The van der Waals surface area contributed by atoms with Crippen molar-refractivity contribution >= 4 is 23.0 Å². The van der Waals surface area contributed by atoms with Crippen LogP contribution in [0.5, 0.6) is 0 Å². The molecule has 1 aromatic heterocycles. The van der Waals surface area contributed by atoms with Crippen LogP contribution in [0.2, 0.25) is 0 Å². The van der Waals surface area contributed by atoms with Gasteiger partial charge in [-0.3, -0.25) is 9.59 Å². The summed E-state index contributed by atoms with van der Waals surface area (Å²) in [6.07, 6.45) is -0.607. The van der Waals surface area contributed by atoms with E-state index in [1.165, 1.54) is 11.3 Å². The number of rotatable bonds is 6. The Kier molecular flexibility index (Phi) is 5.46. The van der Waals surface area contributed by atoms with E-state index in [-0.39, 0.29) is 24.2 Å². The first-order chi connectivity index (χ1) is 10.5. The largest absolute Gasteiger partial charge is 0.391 e. The highest BCUT2D eigenvalue weighted by Crippen LogP contribution is 2.18. The van der Waals surface area contributed by atoms with Crippen LogP contribution in [0.25, 0.3) is 0 Å². The highest BCUT2D eigenvalue weighted by atomic mass is 32.1. The van der Waals surface area contributed by atoms with Crippen molar-refractivity contribution in [2.24, 2.45) is 5.92 Å². The van der Waals surface area contributed by atoms with Gasteiger partial charge in [0.05, 0.1) is 16.5 Å². The number of aliphatic hydroxyl groups is 1. The summed E-state index contributed by atoms with van der Waals surface area (Å²) in [5.41, 5.74) is 0.707. The van der Waals surface area contributed by atoms with Gasteiger partial charge in [0.1, 0.15) is 0 Å². The number of ketones is 1. The van der Waals surface area contributed by atoms with Crippen molar-refractivity contribution in [2.45, 2.75) is 20.0 Å². The van der Waals surface area contributed by atoms with E-state index >= 15 is 0 Å². The Labute approximate surface area is 133 Å². The lowest BCUT2D eigenvalue weighted by molar-refractivity contribution is 0.0866. The fourth-order valence-electron chi connectivity index (χ4n) is 1.95. The second-order valence-corrected chi connectivity index (χ2v) is 6.32. The Bertz CT molecular complexity index is 650. The van der Waals surface area contributed by atoms with E-state index in [0.717, 1.165) is 0 Å². The van der Waals surface area contributed by atoms with Crippen molar-refractivity contribution < 1.29 is 14.7 Å². The first-order valence-corrected chi connectivity index (χ1v) is 8.02. The average molecular weight is 317 g/mol. The Hall–Kier alpha value is -1.98. The van der Waals surface area contributed by atoms with E-state index in [1.807, 2.05) is 19.2 Å². The minimum atomic E-state index is -0.607. The molecule has 0 radical (unpaired) electrons. The van der Waals surface area contributed by atoms with Gasteiger partial charge in [0.2, 0.25) is 5.78 Å². The summed E-state index contributed by atoms with van der Waals surface area (Å²) >= 11 is 1.35. The Morgan fingerprint density at radius 1 is 1.14 bits per heavy atom. The predicted molar refractivity (Wildman–Crippen MR) is 87.4 cm³/mol. The van der Waals surface area contributed by atoms with E-state index in [4.69, 9.17) is 0 Å². The molecule has 2 aromatic rings. The summed E-state index contributed by atoms with van der Waals surface area (Å²) in [6, 6.07) is 10.3. The third-order valence-corrected chi connectivity index (χ3v) is 4.27. The van der Waals surface area contributed by atoms with Crippen LogP contribution in [0, 0.1) is 5.92 Å². The first kappa shape index (κ1) is 16.4. The summed E-state index contributed by atoms with van der Waals surface area (Å²) in [5, 5.41) is 14.3. The fourth-order valence-corrected chi connectivity index (χ4v) is 2.63. The fraction of sp³-hybridized carbons (Fsp3) is 0.294. The van der Waals surface area contributed by atoms with Crippen LogP contribution in [0.15, 0.2) is 41.8 Å². The molecule has 2 N–H and O–H groups in total. The van der Waals surface area contributed by atoms with Crippen molar-refractivity contribution in [3.63, 3.8) is 0 Å². The third kappa shape index (κ3) is 3.81. The van der Waals surface area contributed by atoms with Crippen molar-refractivity contribution in [2.75, 3.05) is 6.54 Å². The Morgan fingerprint density at radius 3 is 2.41 bits per heavy atom. The van der Waals surface area contributed by atoms with Gasteiger partial charge in [-0.05, 0) is 23.4 Å². The molecule has 0 spiro atoms. The molecule has 1 unspecified atom stereocenters. The SMILES string of the molecule is CC(C)C(O)CNC(=O)c1ccccc1C(=O)c1cccs1. The number of thiophene rings is 1. The molecule has 0 fully saturated rings. The second-order valence-electron chi connectivity index (χ2n) is 5.37. The minimum Gasteiger partial charge on any atom is -0.391 e. The quantitative estimate of drug-likeness (QED) is 0.805. The second kappa shape index (κ2) is 7.33. The topological polar surface area (TPSA) is 66.4 Å². The molecule has 5 heteroatoms. The molecule has 0 bridgehead atoms. The van der Waals surface area contributed by atoms with Gasteiger partial charge in [-0.1, -0.05) is 38.1 Å².